The summed E-state index contributed by atoms with van der Waals surface area (Å²) in [6.45, 7) is 4.56. The van der Waals surface area contributed by atoms with Gasteiger partial charge in [-0.3, -0.25) is 4.79 Å². The van der Waals surface area contributed by atoms with Gasteiger partial charge in [-0.05, 0) is 72.6 Å². The second-order valence-electron chi connectivity index (χ2n) is 7.96. The molecule has 0 amide bonds. The van der Waals surface area contributed by atoms with Crippen LogP contribution in [0.15, 0.2) is 18.2 Å². The van der Waals surface area contributed by atoms with E-state index in [1.807, 2.05) is 0 Å². The van der Waals surface area contributed by atoms with Crippen LogP contribution < -0.4 is 4.74 Å². The van der Waals surface area contributed by atoms with Crippen LogP contribution in [0.25, 0.3) is 0 Å². The third-order valence-electron chi connectivity index (χ3n) is 6.94. The molecule has 2 nitrogen and oxygen atoms in total. The number of carbonyl (C=O) groups is 1. The van der Waals surface area contributed by atoms with Gasteiger partial charge >= 0.3 is 0 Å². The molecule has 3 aliphatic rings. The molecule has 4 rings (SSSR count). The van der Waals surface area contributed by atoms with Gasteiger partial charge in [-0.2, -0.15) is 0 Å². The highest BCUT2D eigenvalue weighted by Gasteiger charge is 2.57. The van der Waals surface area contributed by atoms with Gasteiger partial charge < -0.3 is 4.74 Å². The minimum Gasteiger partial charge on any atom is -0.497 e. The lowest BCUT2D eigenvalue weighted by Gasteiger charge is -2.49. The number of benzene rings is 1. The Kier molecular flexibility index (Phi) is 3.15. The maximum absolute atomic E-state index is 12.5. The molecule has 0 saturated heterocycles. The van der Waals surface area contributed by atoms with E-state index in [0.29, 0.717) is 29.5 Å². The Hall–Kier alpha value is -1.31. The van der Waals surface area contributed by atoms with Crippen molar-refractivity contribution in [2.24, 2.45) is 23.2 Å². The predicted molar refractivity (Wildman–Crippen MR) is 87.2 cm³/mol. The Morgan fingerprint density at radius 3 is 2.86 bits per heavy atom. The van der Waals surface area contributed by atoms with E-state index in [1.165, 1.54) is 24.0 Å². The third kappa shape index (κ3) is 1.82. The molecule has 0 heterocycles. The number of carbonyl (C=O) groups excluding carboxylic acids is 1. The third-order valence-corrected chi connectivity index (χ3v) is 6.94. The van der Waals surface area contributed by atoms with Gasteiger partial charge in [0.2, 0.25) is 0 Å². The molecule has 118 valence electrons. The first-order valence-electron chi connectivity index (χ1n) is 8.74. The number of ketones is 1. The largest absolute Gasteiger partial charge is 0.497 e. The Morgan fingerprint density at radius 2 is 2.09 bits per heavy atom. The first kappa shape index (κ1) is 14.3. The number of hydrogen-bond donors (Lipinski definition) is 0. The first-order chi connectivity index (χ1) is 10.5. The molecule has 5 atom stereocenters. The molecule has 3 aliphatic carbocycles. The maximum Gasteiger partial charge on any atom is 0.139 e. The van der Waals surface area contributed by atoms with E-state index < -0.39 is 0 Å². The topological polar surface area (TPSA) is 26.3 Å². The maximum atomic E-state index is 12.5. The van der Waals surface area contributed by atoms with Crippen molar-refractivity contribution in [2.45, 2.75) is 51.9 Å². The summed E-state index contributed by atoms with van der Waals surface area (Å²) in [5.41, 5.74) is 2.97. The molecule has 0 spiro atoms. The Bertz CT molecular complexity index is 620. The summed E-state index contributed by atoms with van der Waals surface area (Å²) < 4.78 is 5.39. The summed E-state index contributed by atoms with van der Waals surface area (Å²) >= 11 is 0. The average molecular weight is 298 g/mol. The zero-order valence-electron chi connectivity index (χ0n) is 13.9. The molecule has 1 aromatic rings. The molecule has 2 fully saturated rings. The SMILES string of the molecule is COc1ccc2c(c1)CC[C@H]1[C@@H]3[C@@H](C)CC(=O)[C@@]3(C)CC[C@H]21. The minimum absolute atomic E-state index is 0.0371. The second-order valence-corrected chi connectivity index (χ2v) is 7.96. The fourth-order valence-corrected chi connectivity index (χ4v) is 5.96. The molecule has 0 aliphatic heterocycles. The molecule has 0 radical (unpaired) electrons. The molecule has 0 unspecified atom stereocenters. The van der Waals surface area contributed by atoms with Crippen molar-refractivity contribution >= 4 is 5.78 Å². The van der Waals surface area contributed by atoms with Crippen LogP contribution in [-0.4, -0.2) is 12.9 Å². The quantitative estimate of drug-likeness (QED) is 0.769. The van der Waals surface area contributed by atoms with Crippen molar-refractivity contribution in [3.63, 3.8) is 0 Å². The van der Waals surface area contributed by atoms with Crippen molar-refractivity contribution in [3.05, 3.63) is 29.3 Å². The van der Waals surface area contributed by atoms with Crippen molar-refractivity contribution in [2.75, 3.05) is 7.11 Å². The fraction of sp³-hybridized carbons (Fsp3) is 0.650. The molecule has 0 N–H and O–H groups in total. The van der Waals surface area contributed by atoms with Crippen LogP contribution in [-0.2, 0) is 11.2 Å². The standard InChI is InChI=1S/C20H26O2/c1-12-10-18(21)20(2)9-8-16-15-7-5-14(22-3)11-13(15)4-6-17(16)19(12)20/h5,7,11-12,16-17,19H,4,6,8-10H2,1-3H3/t12-,16+,17+,19-,20+/m0/s1. The molecular formula is C20H26O2. The van der Waals surface area contributed by atoms with E-state index in [0.717, 1.165) is 25.0 Å². The normalized spacial score (nSPS) is 39.9. The van der Waals surface area contributed by atoms with Gasteiger partial charge in [0.15, 0.2) is 0 Å². The number of fused-ring (bicyclic) bond motifs is 5. The van der Waals surface area contributed by atoms with Crippen LogP contribution in [0.2, 0.25) is 0 Å². The van der Waals surface area contributed by atoms with Crippen LogP contribution in [0.4, 0.5) is 0 Å². The highest BCUT2D eigenvalue weighted by Crippen LogP contribution is 2.61. The summed E-state index contributed by atoms with van der Waals surface area (Å²) in [5.74, 6) is 4.01. The van der Waals surface area contributed by atoms with E-state index in [1.54, 1.807) is 7.11 Å². The fourth-order valence-electron chi connectivity index (χ4n) is 5.96. The number of methoxy groups -OCH3 is 1. The van der Waals surface area contributed by atoms with Crippen molar-refractivity contribution in [3.8, 4) is 5.75 Å². The molecule has 1 aromatic carbocycles. The van der Waals surface area contributed by atoms with Gasteiger partial charge in [-0.1, -0.05) is 19.9 Å². The van der Waals surface area contributed by atoms with Crippen LogP contribution in [0.1, 0.15) is 56.6 Å². The van der Waals surface area contributed by atoms with E-state index in [9.17, 15) is 4.79 Å². The number of rotatable bonds is 1. The number of Topliss-reactive ketones (excluding diaryl/α,β-unsaturated/α-hetero) is 1. The van der Waals surface area contributed by atoms with Gasteiger partial charge in [0, 0.05) is 11.8 Å². The molecule has 0 bridgehead atoms. The Balaban J connectivity index is 1.72. The van der Waals surface area contributed by atoms with Gasteiger partial charge in [-0.15, -0.1) is 0 Å². The summed E-state index contributed by atoms with van der Waals surface area (Å²) in [4.78, 5) is 12.5. The number of aryl methyl sites for hydroxylation is 1. The highest BCUT2D eigenvalue weighted by molar-refractivity contribution is 5.87. The van der Waals surface area contributed by atoms with Crippen LogP contribution in [0.5, 0.6) is 5.75 Å². The minimum atomic E-state index is -0.0371. The molecule has 2 heteroatoms. The van der Waals surface area contributed by atoms with E-state index in [4.69, 9.17) is 4.74 Å². The van der Waals surface area contributed by atoms with Crippen molar-refractivity contribution in [1.82, 2.24) is 0 Å². The van der Waals surface area contributed by atoms with Crippen LogP contribution >= 0.6 is 0 Å². The van der Waals surface area contributed by atoms with E-state index in [-0.39, 0.29) is 5.41 Å². The Morgan fingerprint density at radius 1 is 1.27 bits per heavy atom. The molecule has 22 heavy (non-hydrogen) atoms. The van der Waals surface area contributed by atoms with Gasteiger partial charge in [0.1, 0.15) is 11.5 Å². The van der Waals surface area contributed by atoms with Crippen molar-refractivity contribution in [1.29, 1.82) is 0 Å². The Labute approximate surface area is 133 Å². The highest BCUT2D eigenvalue weighted by atomic mass is 16.5. The van der Waals surface area contributed by atoms with Crippen molar-refractivity contribution < 1.29 is 9.53 Å². The predicted octanol–water partition coefficient (Wildman–Crippen LogP) is 4.37. The van der Waals surface area contributed by atoms with E-state index >= 15 is 0 Å². The second kappa shape index (κ2) is 4.84. The van der Waals surface area contributed by atoms with Gasteiger partial charge in [-0.25, -0.2) is 0 Å². The lowest BCUT2D eigenvalue weighted by Crippen LogP contribution is -2.43. The zero-order chi connectivity index (χ0) is 15.5. The molecule has 2 saturated carbocycles. The zero-order valence-corrected chi connectivity index (χ0v) is 13.9. The summed E-state index contributed by atoms with van der Waals surface area (Å²) in [6.07, 6.45) is 5.44. The lowest BCUT2D eigenvalue weighted by molar-refractivity contribution is -0.129. The van der Waals surface area contributed by atoms with E-state index in [2.05, 4.69) is 32.0 Å². The molecular weight excluding hydrogens is 272 g/mol. The monoisotopic (exact) mass is 298 g/mol. The van der Waals surface area contributed by atoms with Crippen LogP contribution in [0, 0.1) is 23.2 Å². The lowest BCUT2D eigenvalue weighted by atomic mass is 9.54. The first-order valence-corrected chi connectivity index (χ1v) is 8.74. The average Bonchev–Trinajstić information content (AvgIpc) is 2.76. The van der Waals surface area contributed by atoms with Gasteiger partial charge in [0.05, 0.1) is 7.11 Å². The summed E-state index contributed by atoms with van der Waals surface area (Å²) in [7, 11) is 1.74. The molecule has 0 aromatic heterocycles. The number of ether oxygens (including phenoxy) is 1. The number of hydrogen-bond acceptors (Lipinski definition) is 2. The smallest absolute Gasteiger partial charge is 0.139 e. The summed E-state index contributed by atoms with van der Waals surface area (Å²) in [5, 5.41) is 0. The van der Waals surface area contributed by atoms with Crippen LogP contribution in [0.3, 0.4) is 0 Å². The van der Waals surface area contributed by atoms with Gasteiger partial charge in [0.25, 0.3) is 0 Å². The summed E-state index contributed by atoms with van der Waals surface area (Å²) in [6, 6.07) is 6.62.